The van der Waals surface area contributed by atoms with E-state index in [1.807, 2.05) is 0 Å². The molecule has 0 amide bonds. The van der Waals surface area contributed by atoms with Crippen molar-refractivity contribution in [1.29, 1.82) is 10.5 Å². The maximum Gasteiger partial charge on any atom is 0.185 e. The van der Waals surface area contributed by atoms with E-state index in [9.17, 15) is 12.8 Å². The van der Waals surface area contributed by atoms with Crippen LogP contribution >= 0.6 is 0 Å². The first-order valence-corrected chi connectivity index (χ1v) is 7.33. The number of allylic oxidation sites excluding steroid dienone is 1. The largest absolute Gasteiger partial charge is 0.377 e. The highest BCUT2D eigenvalue weighted by Crippen LogP contribution is 2.25. The quantitative estimate of drug-likeness (QED) is 0.791. The second-order valence-electron chi connectivity index (χ2n) is 4.26. The Morgan fingerprint density at radius 1 is 1.35 bits per heavy atom. The molecule has 0 aliphatic carbocycles. The number of hydrogen-bond donors (Lipinski definition) is 0. The summed E-state index contributed by atoms with van der Waals surface area (Å²) < 4.78 is 36.8. The third kappa shape index (κ3) is 3.14. The van der Waals surface area contributed by atoms with Gasteiger partial charge in [0.25, 0.3) is 0 Å². The number of hydrogen-bond acceptors (Lipinski definition) is 5. The molecule has 0 N–H and O–H groups in total. The Morgan fingerprint density at radius 3 is 2.35 bits per heavy atom. The summed E-state index contributed by atoms with van der Waals surface area (Å²) in [5.74, 6) is -0.852. The number of anilines is 1. The second-order valence-corrected chi connectivity index (χ2v) is 6.25. The maximum absolute atomic E-state index is 14.2. The molecule has 0 atom stereocenters. The van der Waals surface area contributed by atoms with Gasteiger partial charge in [-0.3, -0.25) is 0 Å². The zero-order valence-corrected chi connectivity index (χ0v) is 12.0. The van der Waals surface area contributed by atoms with Crippen molar-refractivity contribution < 1.29 is 12.8 Å². The van der Waals surface area contributed by atoms with Gasteiger partial charge in [0.1, 0.15) is 28.4 Å². The average Bonchev–Trinajstić information content (AvgIpc) is 2.35. The fraction of sp³-hybridized carbons (Fsp3) is 0.231. The summed E-state index contributed by atoms with van der Waals surface area (Å²) in [7, 11) is -0.426. The van der Waals surface area contributed by atoms with E-state index in [0.29, 0.717) is 5.69 Å². The molecule has 0 bridgehead atoms. The van der Waals surface area contributed by atoms with E-state index >= 15 is 0 Å². The summed E-state index contributed by atoms with van der Waals surface area (Å²) in [4.78, 5) is 1.01. The molecule has 0 aliphatic heterocycles. The Labute approximate surface area is 117 Å². The van der Waals surface area contributed by atoms with E-state index in [4.69, 9.17) is 10.5 Å². The molecule has 0 unspecified atom stereocenters. The summed E-state index contributed by atoms with van der Waals surface area (Å²) in [6.45, 7) is 0. The number of nitriles is 2. The lowest BCUT2D eigenvalue weighted by atomic mass is 10.1. The third-order valence-electron chi connectivity index (χ3n) is 2.54. The molecule has 0 aliphatic rings. The van der Waals surface area contributed by atoms with E-state index < -0.39 is 20.6 Å². The SMILES string of the molecule is CN(C)c1ccc(C=C(C#N)S(C)(=O)=O)c(F)c1C#N. The molecule has 1 aromatic carbocycles. The molecular formula is C13H12FN3O2S. The van der Waals surface area contributed by atoms with Gasteiger partial charge < -0.3 is 4.90 Å². The van der Waals surface area contributed by atoms with Crippen LogP contribution in [0.5, 0.6) is 0 Å². The Hall–Kier alpha value is -2.38. The standard InChI is InChI=1S/C13H12FN3O2S/c1-17(2)12-5-4-9(13(14)11(12)8-16)6-10(7-15)20(3,18)19/h4-6H,1-3H3. The molecule has 0 radical (unpaired) electrons. The fourth-order valence-corrected chi connectivity index (χ4v) is 2.04. The molecule has 0 fully saturated rings. The Morgan fingerprint density at radius 2 is 1.95 bits per heavy atom. The van der Waals surface area contributed by atoms with Gasteiger partial charge in [0.05, 0.1) is 5.69 Å². The average molecular weight is 293 g/mol. The minimum atomic E-state index is -3.74. The lowest BCUT2D eigenvalue weighted by Crippen LogP contribution is -2.11. The molecule has 20 heavy (non-hydrogen) atoms. The van der Waals surface area contributed by atoms with Gasteiger partial charge in [-0.1, -0.05) is 0 Å². The van der Waals surface area contributed by atoms with Crippen molar-refractivity contribution in [2.24, 2.45) is 0 Å². The number of rotatable bonds is 3. The highest BCUT2D eigenvalue weighted by atomic mass is 32.2. The summed E-state index contributed by atoms with van der Waals surface area (Å²) in [6.07, 6.45) is 1.78. The van der Waals surface area contributed by atoms with E-state index in [1.54, 1.807) is 25.1 Å². The summed E-state index contributed by atoms with van der Waals surface area (Å²) in [6, 6.07) is 6.06. The Balaban J connectivity index is 3.56. The lowest BCUT2D eigenvalue weighted by molar-refractivity contribution is 0.608. The molecule has 0 aromatic heterocycles. The minimum Gasteiger partial charge on any atom is -0.377 e. The summed E-state index contributed by atoms with van der Waals surface area (Å²) in [5, 5.41) is 17.8. The van der Waals surface area contributed by atoms with Gasteiger partial charge in [-0.15, -0.1) is 0 Å². The van der Waals surface area contributed by atoms with Crippen molar-refractivity contribution in [3.8, 4) is 12.1 Å². The number of sulfone groups is 1. The van der Waals surface area contributed by atoms with Gasteiger partial charge in [-0.2, -0.15) is 10.5 Å². The van der Waals surface area contributed by atoms with Gasteiger partial charge in [-0.25, -0.2) is 12.8 Å². The molecule has 0 saturated carbocycles. The van der Waals surface area contributed by atoms with Crippen LogP contribution in [0.2, 0.25) is 0 Å². The highest BCUT2D eigenvalue weighted by molar-refractivity contribution is 7.95. The lowest BCUT2D eigenvalue weighted by Gasteiger charge is -2.15. The first kappa shape index (κ1) is 15.7. The molecule has 1 rings (SSSR count). The second kappa shape index (κ2) is 5.72. The van der Waals surface area contributed by atoms with Crippen LogP contribution in [-0.4, -0.2) is 28.8 Å². The van der Waals surface area contributed by atoms with E-state index in [-0.39, 0.29) is 11.1 Å². The smallest absolute Gasteiger partial charge is 0.185 e. The monoisotopic (exact) mass is 293 g/mol. The van der Waals surface area contributed by atoms with Crippen LogP contribution in [0.15, 0.2) is 17.0 Å². The molecule has 0 spiro atoms. The molecule has 0 saturated heterocycles. The predicted octanol–water partition coefficient (Wildman–Crippen LogP) is 1.67. The number of benzene rings is 1. The van der Waals surface area contributed by atoms with Gasteiger partial charge in [-0.05, 0) is 18.2 Å². The van der Waals surface area contributed by atoms with Gasteiger partial charge >= 0.3 is 0 Å². The van der Waals surface area contributed by atoms with Crippen molar-refractivity contribution in [3.05, 3.63) is 34.0 Å². The zero-order valence-electron chi connectivity index (χ0n) is 11.2. The molecule has 7 heteroatoms. The summed E-state index contributed by atoms with van der Waals surface area (Å²) >= 11 is 0. The Bertz CT molecular complexity index is 753. The third-order valence-corrected chi connectivity index (χ3v) is 3.55. The van der Waals surface area contributed by atoms with Crippen molar-refractivity contribution in [2.45, 2.75) is 0 Å². The maximum atomic E-state index is 14.2. The van der Waals surface area contributed by atoms with Crippen LogP contribution in [0.4, 0.5) is 10.1 Å². The first-order chi connectivity index (χ1) is 9.22. The van der Waals surface area contributed by atoms with Crippen LogP contribution < -0.4 is 4.90 Å². The molecule has 1 aromatic rings. The zero-order chi connectivity index (χ0) is 15.5. The highest BCUT2D eigenvalue weighted by Gasteiger charge is 2.16. The van der Waals surface area contributed by atoms with Crippen molar-refractivity contribution >= 4 is 21.6 Å². The van der Waals surface area contributed by atoms with Crippen LogP contribution in [0, 0.1) is 28.5 Å². The van der Waals surface area contributed by atoms with Gasteiger partial charge in [0, 0.05) is 25.9 Å². The van der Waals surface area contributed by atoms with Crippen LogP contribution in [-0.2, 0) is 9.84 Å². The number of nitrogens with zero attached hydrogens (tertiary/aromatic N) is 3. The van der Waals surface area contributed by atoms with Gasteiger partial charge in [0.2, 0.25) is 0 Å². The van der Waals surface area contributed by atoms with Gasteiger partial charge in [0.15, 0.2) is 9.84 Å². The van der Waals surface area contributed by atoms with Crippen molar-refractivity contribution in [3.63, 3.8) is 0 Å². The van der Waals surface area contributed by atoms with Crippen LogP contribution in [0.1, 0.15) is 11.1 Å². The van der Waals surface area contributed by atoms with Crippen molar-refractivity contribution in [1.82, 2.24) is 0 Å². The Kier molecular flexibility index (Phi) is 4.49. The predicted molar refractivity (Wildman–Crippen MR) is 73.9 cm³/mol. The molecule has 104 valence electrons. The van der Waals surface area contributed by atoms with Crippen molar-refractivity contribution in [2.75, 3.05) is 25.3 Å². The molecular weight excluding hydrogens is 281 g/mol. The normalized spacial score (nSPS) is 11.6. The first-order valence-electron chi connectivity index (χ1n) is 5.44. The van der Waals surface area contributed by atoms with Crippen LogP contribution in [0.3, 0.4) is 0 Å². The van der Waals surface area contributed by atoms with Crippen LogP contribution in [0.25, 0.3) is 6.08 Å². The number of halogens is 1. The van der Waals surface area contributed by atoms with E-state index in [0.717, 1.165) is 12.3 Å². The van der Waals surface area contributed by atoms with E-state index in [1.165, 1.54) is 18.2 Å². The minimum absolute atomic E-state index is 0.117. The topological polar surface area (TPSA) is 85.0 Å². The fourth-order valence-electron chi connectivity index (χ4n) is 1.54. The summed E-state index contributed by atoms with van der Waals surface area (Å²) in [5.41, 5.74) is 0.0590. The van der Waals surface area contributed by atoms with E-state index in [2.05, 4.69) is 0 Å². The molecule has 0 heterocycles. The molecule has 5 nitrogen and oxygen atoms in total.